The van der Waals surface area contributed by atoms with Crippen molar-refractivity contribution in [1.82, 2.24) is 10.1 Å². The van der Waals surface area contributed by atoms with Gasteiger partial charge in [0.2, 0.25) is 6.39 Å². The zero-order valence-corrected chi connectivity index (χ0v) is 9.14. The third-order valence-electron chi connectivity index (χ3n) is 2.22. The molecule has 0 spiro atoms. The van der Waals surface area contributed by atoms with E-state index in [0.717, 1.165) is 5.56 Å². The number of methoxy groups -OCH3 is 2. The molecule has 2 aromatic rings. The van der Waals surface area contributed by atoms with Crippen LogP contribution in [0.1, 0.15) is 11.4 Å². The summed E-state index contributed by atoms with van der Waals surface area (Å²) in [6.45, 7) is 0. The number of hydrogen-bond donors (Lipinski definition) is 0. The van der Waals surface area contributed by atoms with E-state index in [1.807, 2.05) is 18.2 Å². The van der Waals surface area contributed by atoms with Crippen LogP contribution in [-0.2, 0) is 6.42 Å². The molecule has 1 aromatic carbocycles. The van der Waals surface area contributed by atoms with E-state index in [2.05, 4.69) is 14.7 Å². The van der Waals surface area contributed by atoms with Crippen molar-refractivity contribution < 1.29 is 14.0 Å². The third kappa shape index (κ3) is 2.13. The lowest BCUT2D eigenvalue weighted by Gasteiger charge is -2.08. The van der Waals surface area contributed by atoms with Gasteiger partial charge in [-0.2, -0.15) is 4.98 Å². The van der Waals surface area contributed by atoms with Gasteiger partial charge in [-0.1, -0.05) is 11.2 Å². The van der Waals surface area contributed by atoms with Crippen molar-refractivity contribution in [1.29, 1.82) is 0 Å². The van der Waals surface area contributed by atoms with E-state index >= 15 is 0 Å². The second kappa shape index (κ2) is 4.65. The molecule has 1 aromatic heterocycles. The third-order valence-corrected chi connectivity index (χ3v) is 2.22. The van der Waals surface area contributed by atoms with Crippen molar-refractivity contribution in [3.8, 4) is 11.5 Å². The maximum absolute atomic E-state index is 5.21. The van der Waals surface area contributed by atoms with Crippen LogP contribution in [0.25, 0.3) is 0 Å². The molecule has 5 nitrogen and oxygen atoms in total. The zero-order valence-electron chi connectivity index (χ0n) is 9.14. The van der Waals surface area contributed by atoms with Crippen LogP contribution < -0.4 is 9.47 Å². The summed E-state index contributed by atoms with van der Waals surface area (Å²) in [5.41, 5.74) is 1.04. The predicted molar refractivity (Wildman–Crippen MR) is 56.7 cm³/mol. The van der Waals surface area contributed by atoms with E-state index in [-0.39, 0.29) is 0 Å². The van der Waals surface area contributed by atoms with Gasteiger partial charge >= 0.3 is 0 Å². The van der Waals surface area contributed by atoms with Crippen LogP contribution in [0.15, 0.2) is 29.1 Å². The molecule has 0 aliphatic heterocycles. The zero-order chi connectivity index (χ0) is 11.4. The quantitative estimate of drug-likeness (QED) is 0.784. The normalized spacial score (nSPS) is 10.1. The Kier molecular flexibility index (Phi) is 3.05. The number of ether oxygens (including phenoxy) is 2. The first-order chi connectivity index (χ1) is 7.83. The molecule has 0 radical (unpaired) electrons. The van der Waals surface area contributed by atoms with E-state index in [4.69, 9.17) is 9.47 Å². The van der Waals surface area contributed by atoms with Crippen molar-refractivity contribution in [3.63, 3.8) is 0 Å². The molecule has 84 valence electrons. The van der Waals surface area contributed by atoms with Crippen LogP contribution in [0.5, 0.6) is 11.5 Å². The number of benzene rings is 1. The molecule has 1 heterocycles. The van der Waals surface area contributed by atoms with Gasteiger partial charge in [0.1, 0.15) is 0 Å². The molecule has 0 saturated carbocycles. The van der Waals surface area contributed by atoms with Crippen molar-refractivity contribution in [2.45, 2.75) is 6.42 Å². The predicted octanol–water partition coefficient (Wildman–Crippen LogP) is 1.68. The molecule has 0 bridgehead atoms. The topological polar surface area (TPSA) is 57.4 Å². The standard InChI is InChI=1S/C11H12N2O3/c1-14-9-4-3-8(5-10(9)15-2)6-11-12-7-16-13-11/h3-5,7H,6H2,1-2H3. The second-order valence-corrected chi connectivity index (χ2v) is 3.21. The number of nitrogens with zero attached hydrogens (tertiary/aromatic N) is 2. The Morgan fingerprint density at radius 3 is 2.62 bits per heavy atom. The maximum Gasteiger partial charge on any atom is 0.213 e. The van der Waals surface area contributed by atoms with Gasteiger partial charge in [-0.05, 0) is 17.7 Å². The molecule has 0 aliphatic rings. The summed E-state index contributed by atoms with van der Waals surface area (Å²) in [6, 6.07) is 5.70. The Labute approximate surface area is 93.0 Å². The van der Waals surface area contributed by atoms with Gasteiger partial charge < -0.3 is 14.0 Å². The molecular weight excluding hydrogens is 208 g/mol. The Balaban J connectivity index is 2.22. The van der Waals surface area contributed by atoms with Crippen LogP contribution in [-0.4, -0.2) is 24.4 Å². The van der Waals surface area contributed by atoms with Crippen LogP contribution in [0.3, 0.4) is 0 Å². The average Bonchev–Trinajstić information content (AvgIpc) is 2.81. The summed E-state index contributed by atoms with van der Waals surface area (Å²) in [5.74, 6) is 2.05. The van der Waals surface area contributed by atoms with Crippen molar-refractivity contribution in [2.24, 2.45) is 0 Å². The molecule has 0 N–H and O–H groups in total. The smallest absolute Gasteiger partial charge is 0.213 e. The Morgan fingerprint density at radius 2 is 2.00 bits per heavy atom. The fraction of sp³-hybridized carbons (Fsp3) is 0.273. The molecule has 0 aliphatic carbocycles. The maximum atomic E-state index is 5.21. The van der Waals surface area contributed by atoms with Crippen LogP contribution in [0.2, 0.25) is 0 Å². The molecule has 0 unspecified atom stereocenters. The second-order valence-electron chi connectivity index (χ2n) is 3.21. The van der Waals surface area contributed by atoms with E-state index in [1.54, 1.807) is 14.2 Å². The number of hydrogen-bond acceptors (Lipinski definition) is 5. The molecule has 0 saturated heterocycles. The number of aromatic nitrogens is 2. The van der Waals surface area contributed by atoms with Crippen LogP contribution in [0.4, 0.5) is 0 Å². The fourth-order valence-electron chi connectivity index (χ4n) is 1.44. The highest BCUT2D eigenvalue weighted by atomic mass is 16.5. The van der Waals surface area contributed by atoms with Crippen molar-refractivity contribution in [3.05, 3.63) is 36.0 Å². The van der Waals surface area contributed by atoms with E-state index in [1.165, 1.54) is 6.39 Å². The van der Waals surface area contributed by atoms with Crippen molar-refractivity contribution >= 4 is 0 Å². The first-order valence-corrected chi connectivity index (χ1v) is 4.79. The Bertz CT molecular complexity index is 454. The summed E-state index contributed by atoms with van der Waals surface area (Å²) in [5, 5.41) is 3.75. The van der Waals surface area contributed by atoms with Gasteiger partial charge in [0, 0.05) is 6.42 Å². The first kappa shape index (κ1) is 10.5. The lowest BCUT2D eigenvalue weighted by atomic mass is 10.1. The average molecular weight is 220 g/mol. The van der Waals surface area contributed by atoms with E-state index in [9.17, 15) is 0 Å². The summed E-state index contributed by atoms with van der Waals surface area (Å²) in [4.78, 5) is 3.96. The summed E-state index contributed by atoms with van der Waals surface area (Å²) in [6.07, 6.45) is 1.92. The summed E-state index contributed by atoms with van der Waals surface area (Å²) in [7, 11) is 3.21. The highest BCUT2D eigenvalue weighted by Gasteiger charge is 2.06. The van der Waals surface area contributed by atoms with Gasteiger partial charge in [0.15, 0.2) is 17.3 Å². The molecule has 0 amide bonds. The minimum Gasteiger partial charge on any atom is -0.493 e. The monoisotopic (exact) mass is 220 g/mol. The van der Waals surface area contributed by atoms with E-state index in [0.29, 0.717) is 23.7 Å². The Morgan fingerprint density at radius 1 is 1.19 bits per heavy atom. The van der Waals surface area contributed by atoms with Crippen molar-refractivity contribution in [2.75, 3.05) is 14.2 Å². The summed E-state index contributed by atoms with van der Waals surface area (Å²) < 4.78 is 15.0. The molecule has 0 atom stereocenters. The molecule has 5 heteroatoms. The van der Waals surface area contributed by atoms with Crippen LogP contribution in [0, 0.1) is 0 Å². The highest BCUT2D eigenvalue weighted by molar-refractivity contribution is 5.43. The largest absolute Gasteiger partial charge is 0.493 e. The van der Waals surface area contributed by atoms with Gasteiger partial charge in [-0.15, -0.1) is 0 Å². The fourth-order valence-corrected chi connectivity index (χ4v) is 1.44. The van der Waals surface area contributed by atoms with Gasteiger partial charge in [-0.3, -0.25) is 0 Å². The van der Waals surface area contributed by atoms with E-state index < -0.39 is 0 Å². The first-order valence-electron chi connectivity index (χ1n) is 4.79. The van der Waals surface area contributed by atoms with Crippen LogP contribution >= 0.6 is 0 Å². The molecule has 16 heavy (non-hydrogen) atoms. The van der Waals surface area contributed by atoms with Gasteiger partial charge in [-0.25, -0.2) is 0 Å². The molecule has 2 rings (SSSR count). The Hall–Kier alpha value is -2.04. The van der Waals surface area contributed by atoms with Gasteiger partial charge in [0.05, 0.1) is 14.2 Å². The minimum absolute atomic E-state index is 0.608. The van der Waals surface area contributed by atoms with Gasteiger partial charge in [0.25, 0.3) is 0 Å². The molecule has 0 fully saturated rings. The highest BCUT2D eigenvalue weighted by Crippen LogP contribution is 2.28. The number of rotatable bonds is 4. The SMILES string of the molecule is COc1ccc(Cc2ncon2)cc1OC. The molecular formula is C11H12N2O3. The lowest BCUT2D eigenvalue weighted by molar-refractivity contribution is 0.354. The minimum atomic E-state index is 0.608. The summed E-state index contributed by atoms with van der Waals surface area (Å²) >= 11 is 0. The lowest BCUT2D eigenvalue weighted by Crippen LogP contribution is -1.94.